The van der Waals surface area contributed by atoms with E-state index in [0.29, 0.717) is 32.8 Å². The van der Waals surface area contributed by atoms with Gasteiger partial charge < -0.3 is 9.47 Å². The van der Waals surface area contributed by atoms with Gasteiger partial charge in [-0.15, -0.1) is 0 Å². The monoisotopic (exact) mass is 413 g/mol. The summed E-state index contributed by atoms with van der Waals surface area (Å²) >= 11 is 6.57. The van der Waals surface area contributed by atoms with Gasteiger partial charge in [0.1, 0.15) is 15.8 Å². The number of nitrogens with zero attached hydrogens (tertiary/aromatic N) is 1. The number of ether oxygens (including phenoxy) is 2. The summed E-state index contributed by atoms with van der Waals surface area (Å²) in [6.45, 7) is 2.64. The fourth-order valence-electron chi connectivity index (χ4n) is 2.59. The number of esters is 1. The lowest BCUT2D eigenvalue weighted by Gasteiger charge is -2.11. The zero-order chi connectivity index (χ0) is 20.1. The van der Waals surface area contributed by atoms with Gasteiger partial charge in [-0.1, -0.05) is 43.0 Å². The van der Waals surface area contributed by atoms with Gasteiger partial charge in [0.15, 0.2) is 0 Å². The van der Waals surface area contributed by atoms with Crippen molar-refractivity contribution >= 4 is 46.3 Å². The van der Waals surface area contributed by atoms with Crippen LogP contribution in [0.1, 0.15) is 29.3 Å². The van der Waals surface area contributed by atoms with Crippen LogP contribution in [0.4, 0.5) is 0 Å². The molecular weight excluding hydrogens is 394 g/mol. The molecular formula is C21H19NO4S2. The zero-order valence-electron chi connectivity index (χ0n) is 15.5. The van der Waals surface area contributed by atoms with E-state index in [-0.39, 0.29) is 5.91 Å². The molecule has 0 saturated carbocycles. The minimum Gasteiger partial charge on any atom is -0.497 e. The van der Waals surface area contributed by atoms with E-state index in [2.05, 4.69) is 0 Å². The molecule has 1 amide bonds. The maximum Gasteiger partial charge on any atom is 0.343 e. The Balaban J connectivity index is 1.67. The highest BCUT2D eigenvalue weighted by Crippen LogP contribution is 2.32. The predicted octanol–water partition coefficient (Wildman–Crippen LogP) is 4.53. The normalized spacial score (nSPS) is 15.2. The average molecular weight is 414 g/mol. The molecule has 0 bridgehead atoms. The quantitative estimate of drug-likeness (QED) is 0.300. The first-order valence-electron chi connectivity index (χ1n) is 8.73. The van der Waals surface area contributed by atoms with Crippen molar-refractivity contribution in [1.29, 1.82) is 0 Å². The van der Waals surface area contributed by atoms with Gasteiger partial charge in [0.25, 0.3) is 5.91 Å². The van der Waals surface area contributed by atoms with Crippen LogP contribution in [0.25, 0.3) is 6.08 Å². The molecule has 0 spiro atoms. The number of amides is 1. The maximum absolute atomic E-state index is 12.4. The van der Waals surface area contributed by atoms with Crippen LogP contribution in [-0.2, 0) is 4.79 Å². The van der Waals surface area contributed by atoms with Crippen molar-refractivity contribution in [2.45, 2.75) is 13.3 Å². The first kappa shape index (κ1) is 20.1. The first-order valence-corrected chi connectivity index (χ1v) is 9.96. The lowest BCUT2D eigenvalue weighted by Crippen LogP contribution is -2.28. The Kier molecular flexibility index (Phi) is 6.49. The van der Waals surface area contributed by atoms with Crippen LogP contribution < -0.4 is 9.47 Å². The van der Waals surface area contributed by atoms with Gasteiger partial charge in [0.2, 0.25) is 0 Å². The summed E-state index contributed by atoms with van der Waals surface area (Å²) in [5.74, 6) is 0.587. The largest absolute Gasteiger partial charge is 0.497 e. The van der Waals surface area contributed by atoms with Gasteiger partial charge in [-0.3, -0.25) is 9.69 Å². The second kappa shape index (κ2) is 9.03. The second-order valence-corrected chi connectivity index (χ2v) is 7.70. The summed E-state index contributed by atoms with van der Waals surface area (Å²) in [5, 5.41) is 0. The van der Waals surface area contributed by atoms with E-state index < -0.39 is 5.97 Å². The van der Waals surface area contributed by atoms with Crippen molar-refractivity contribution in [3.63, 3.8) is 0 Å². The highest BCUT2D eigenvalue weighted by molar-refractivity contribution is 8.26. The van der Waals surface area contributed by atoms with E-state index in [1.54, 1.807) is 66.6 Å². The van der Waals surface area contributed by atoms with Gasteiger partial charge in [-0.05, 0) is 54.5 Å². The second-order valence-electron chi connectivity index (χ2n) is 6.02. The molecule has 5 nitrogen and oxygen atoms in total. The molecule has 2 aromatic rings. The summed E-state index contributed by atoms with van der Waals surface area (Å²) in [6, 6.07) is 13.7. The van der Waals surface area contributed by atoms with E-state index in [0.717, 1.165) is 12.0 Å². The van der Waals surface area contributed by atoms with Crippen LogP contribution >= 0.6 is 24.0 Å². The number of thiocarbonyl (C=S) groups is 1. The molecule has 0 aliphatic carbocycles. The van der Waals surface area contributed by atoms with Gasteiger partial charge in [-0.2, -0.15) is 0 Å². The van der Waals surface area contributed by atoms with Crippen molar-refractivity contribution in [2.24, 2.45) is 0 Å². The first-order chi connectivity index (χ1) is 13.5. The molecule has 0 aromatic heterocycles. The maximum atomic E-state index is 12.4. The molecule has 1 aliphatic heterocycles. The summed E-state index contributed by atoms with van der Waals surface area (Å²) < 4.78 is 11.0. The smallest absolute Gasteiger partial charge is 0.343 e. The highest BCUT2D eigenvalue weighted by Gasteiger charge is 2.31. The summed E-state index contributed by atoms with van der Waals surface area (Å²) in [5.41, 5.74) is 1.27. The Morgan fingerprint density at radius 2 is 1.75 bits per heavy atom. The number of carbonyl (C=O) groups is 2. The molecule has 0 radical (unpaired) electrons. The van der Waals surface area contributed by atoms with E-state index in [9.17, 15) is 9.59 Å². The summed E-state index contributed by atoms with van der Waals surface area (Å²) in [4.78, 5) is 26.8. The fraction of sp³-hybridized carbons (Fsp3) is 0.190. The number of hydrogen-bond donors (Lipinski definition) is 0. The molecule has 1 fully saturated rings. The third-order valence-electron chi connectivity index (χ3n) is 4.03. The standard InChI is InChI=1S/C21H19NO4S2/c1-3-12-22-19(23)18(28-21(22)27)13-14-4-8-17(9-5-14)26-20(24)15-6-10-16(25-2)11-7-15/h4-11,13H,3,12H2,1-2H3/b18-13-. The van der Waals surface area contributed by atoms with Gasteiger partial charge in [-0.25, -0.2) is 4.79 Å². The van der Waals surface area contributed by atoms with Crippen molar-refractivity contribution in [3.8, 4) is 11.5 Å². The van der Waals surface area contributed by atoms with E-state index >= 15 is 0 Å². The van der Waals surface area contributed by atoms with Gasteiger partial charge >= 0.3 is 5.97 Å². The Labute approximate surface area is 173 Å². The molecule has 1 heterocycles. The van der Waals surface area contributed by atoms with Crippen LogP contribution in [-0.4, -0.2) is 34.8 Å². The predicted molar refractivity (Wildman–Crippen MR) is 115 cm³/mol. The van der Waals surface area contributed by atoms with E-state index in [1.165, 1.54) is 11.8 Å². The highest BCUT2D eigenvalue weighted by atomic mass is 32.2. The van der Waals surface area contributed by atoms with Crippen LogP contribution in [0.3, 0.4) is 0 Å². The Morgan fingerprint density at radius 1 is 1.11 bits per heavy atom. The van der Waals surface area contributed by atoms with Gasteiger partial charge in [0, 0.05) is 6.54 Å². The molecule has 0 unspecified atom stereocenters. The van der Waals surface area contributed by atoms with Crippen LogP contribution in [0.5, 0.6) is 11.5 Å². The number of carbonyl (C=O) groups excluding carboxylic acids is 2. The van der Waals surface area contributed by atoms with Gasteiger partial charge in [0.05, 0.1) is 17.6 Å². The fourth-order valence-corrected chi connectivity index (χ4v) is 3.90. The number of thioether (sulfide) groups is 1. The summed E-state index contributed by atoms with van der Waals surface area (Å²) in [6.07, 6.45) is 2.65. The topological polar surface area (TPSA) is 55.8 Å². The molecule has 0 atom stereocenters. The molecule has 1 saturated heterocycles. The minimum atomic E-state index is -0.448. The van der Waals surface area contributed by atoms with E-state index in [4.69, 9.17) is 21.7 Å². The minimum absolute atomic E-state index is 0.0631. The molecule has 2 aromatic carbocycles. The molecule has 144 valence electrons. The van der Waals surface area contributed by atoms with Crippen molar-refractivity contribution in [2.75, 3.05) is 13.7 Å². The van der Waals surface area contributed by atoms with Crippen molar-refractivity contribution in [3.05, 3.63) is 64.6 Å². The number of rotatable bonds is 6. The van der Waals surface area contributed by atoms with Crippen molar-refractivity contribution in [1.82, 2.24) is 4.90 Å². The Hall–Kier alpha value is -2.64. The molecule has 7 heteroatoms. The lowest BCUT2D eigenvalue weighted by molar-refractivity contribution is -0.122. The number of hydrogen-bond acceptors (Lipinski definition) is 6. The van der Waals surface area contributed by atoms with Crippen molar-refractivity contribution < 1.29 is 19.1 Å². The van der Waals surface area contributed by atoms with Crippen LogP contribution in [0.15, 0.2) is 53.4 Å². The molecule has 3 rings (SSSR count). The third kappa shape index (κ3) is 4.61. The number of benzene rings is 2. The summed E-state index contributed by atoms with van der Waals surface area (Å²) in [7, 11) is 1.57. The Morgan fingerprint density at radius 3 is 2.36 bits per heavy atom. The zero-order valence-corrected chi connectivity index (χ0v) is 17.1. The van der Waals surface area contributed by atoms with Crippen LogP contribution in [0.2, 0.25) is 0 Å². The lowest BCUT2D eigenvalue weighted by atomic mass is 10.2. The van der Waals surface area contributed by atoms with E-state index in [1.807, 2.05) is 6.92 Å². The molecule has 28 heavy (non-hydrogen) atoms. The molecule has 0 N–H and O–H groups in total. The average Bonchev–Trinajstić information content (AvgIpc) is 2.97. The number of methoxy groups -OCH3 is 1. The van der Waals surface area contributed by atoms with Crippen LogP contribution in [0, 0.1) is 0 Å². The SMILES string of the molecule is CCCN1C(=O)/C(=C/c2ccc(OC(=O)c3ccc(OC)cc3)cc2)SC1=S. The third-order valence-corrected chi connectivity index (χ3v) is 5.41. The molecule has 1 aliphatic rings. The Bertz CT molecular complexity index is 920.